The van der Waals surface area contributed by atoms with Gasteiger partial charge in [0, 0.05) is 20.2 Å². The number of nitrogens with one attached hydrogen (secondary N) is 1. The molecular formula is C17H29NO2. The Bertz CT molecular complexity index is 373. The van der Waals surface area contributed by atoms with Crippen LogP contribution >= 0.6 is 0 Å². The van der Waals surface area contributed by atoms with E-state index in [0.717, 1.165) is 31.9 Å². The highest BCUT2D eigenvalue weighted by Gasteiger charge is 2.17. The molecule has 0 amide bonds. The second-order valence-corrected chi connectivity index (χ2v) is 5.89. The molecule has 114 valence electrons. The maximum absolute atomic E-state index is 5.89. The summed E-state index contributed by atoms with van der Waals surface area (Å²) in [6, 6.07) is 8.48. The summed E-state index contributed by atoms with van der Waals surface area (Å²) >= 11 is 0. The molecule has 1 aromatic rings. The monoisotopic (exact) mass is 279 g/mol. The van der Waals surface area contributed by atoms with Gasteiger partial charge in [-0.2, -0.15) is 0 Å². The molecule has 1 aromatic carbocycles. The molecule has 1 rings (SSSR count). The average molecular weight is 279 g/mol. The molecule has 0 bridgehead atoms. The maximum atomic E-state index is 5.89. The molecular weight excluding hydrogens is 250 g/mol. The first kappa shape index (κ1) is 17.0. The van der Waals surface area contributed by atoms with Gasteiger partial charge in [0.2, 0.25) is 0 Å². The fourth-order valence-electron chi connectivity index (χ4n) is 1.94. The molecule has 0 saturated carbocycles. The van der Waals surface area contributed by atoms with Crippen LogP contribution in [-0.4, -0.2) is 32.9 Å². The highest BCUT2D eigenvalue weighted by molar-refractivity contribution is 5.31. The van der Waals surface area contributed by atoms with Crippen LogP contribution in [0.3, 0.4) is 0 Å². The molecule has 0 saturated heterocycles. The average Bonchev–Trinajstić information content (AvgIpc) is 2.44. The molecule has 0 spiro atoms. The first-order chi connectivity index (χ1) is 9.49. The number of benzene rings is 1. The quantitative estimate of drug-likeness (QED) is 0.703. The Kier molecular flexibility index (Phi) is 7.03. The fourth-order valence-corrected chi connectivity index (χ4v) is 1.94. The topological polar surface area (TPSA) is 30.5 Å². The molecule has 0 fully saturated rings. The largest absolute Gasteiger partial charge is 0.489 e. The molecule has 1 unspecified atom stereocenters. The minimum absolute atomic E-state index is 0.150. The Morgan fingerprint density at radius 3 is 2.40 bits per heavy atom. The summed E-state index contributed by atoms with van der Waals surface area (Å²) in [5, 5.41) is 3.30. The zero-order valence-electron chi connectivity index (χ0n) is 13.5. The van der Waals surface area contributed by atoms with Crippen molar-refractivity contribution in [3.63, 3.8) is 0 Å². The van der Waals surface area contributed by atoms with Crippen LogP contribution in [0, 0.1) is 0 Å². The third-order valence-corrected chi connectivity index (χ3v) is 3.77. The van der Waals surface area contributed by atoms with E-state index in [-0.39, 0.29) is 11.5 Å². The van der Waals surface area contributed by atoms with Crippen molar-refractivity contribution >= 4 is 0 Å². The van der Waals surface area contributed by atoms with Gasteiger partial charge < -0.3 is 14.8 Å². The van der Waals surface area contributed by atoms with E-state index < -0.39 is 0 Å². The summed E-state index contributed by atoms with van der Waals surface area (Å²) < 4.78 is 10.9. The van der Waals surface area contributed by atoms with Crippen molar-refractivity contribution in [2.75, 3.05) is 26.8 Å². The second kappa shape index (κ2) is 8.28. The van der Waals surface area contributed by atoms with Crippen LogP contribution in [0.4, 0.5) is 0 Å². The molecule has 0 radical (unpaired) electrons. The Morgan fingerprint density at radius 2 is 1.85 bits per heavy atom. The molecule has 20 heavy (non-hydrogen) atoms. The minimum atomic E-state index is 0.150. The van der Waals surface area contributed by atoms with E-state index in [1.807, 2.05) is 0 Å². The number of hydrogen-bond acceptors (Lipinski definition) is 3. The van der Waals surface area contributed by atoms with E-state index >= 15 is 0 Å². The zero-order valence-corrected chi connectivity index (χ0v) is 13.5. The van der Waals surface area contributed by atoms with Gasteiger partial charge in [-0.25, -0.2) is 0 Å². The SMILES string of the molecule is CCC(C)(C)c1ccc(OC(C)CNCCOC)cc1. The highest BCUT2D eigenvalue weighted by atomic mass is 16.5. The molecule has 3 heteroatoms. The predicted octanol–water partition coefficient (Wildman–Crippen LogP) is 3.38. The summed E-state index contributed by atoms with van der Waals surface area (Å²) in [4.78, 5) is 0. The van der Waals surface area contributed by atoms with Gasteiger partial charge in [-0.15, -0.1) is 0 Å². The van der Waals surface area contributed by atoms with Gasteiger partial charge in [-0.1, -0.05) is 32.9 Å². The van der Waals surface area contributed by atoms with Crippen molar-refractivity contribution in [3.8, 4) is 5.75 Å². The fraction of sp³-hybridized carbons (Fsp3) is 0.647. The Labute approximate surface area is 123 Å². The summed E-state index contributed by atoms with van der Waals surface area (Å²) in [5.41, 5.74) is 1.59. The lowest BCUT2D eigenvalue weighted by Gasteiger charge is -2.24. The van der Waals surface area contributed by atoms with Gasteiger partial charge in [0.05, 0.1) is 6.61 Å². The van der Waals surface area contributed by atoms with Gasteiger partial charge in [0.25, 0.3) is 0 Å². The summed E-state index contributed by atoms with van der Waals surface area (Å²) in [7, 11) is 1.71. The lowest BCUT2D eigenvalue weighted by molar-refractivity contribution is 0.184. The van der Waals surface area contributed by atoms with E-state index in [4.69, 9.17) is 9.47 Å². The van der Waals surface area contributed by atoms with E-state index in [1.54, 1.807) is 7.11 Å². The second-order valence-electron chi connectivity index (χ2n) is 5.89. The van der Waals surface area contributed by atoms with Crippen LogP contribution in [0.5, 0.6) is 5.75 Å². The molecule has 0 heterocycles. The maximum Gasteiger partial charge on any atom is 0.119 e. The first-order valence-corrected chi connectivity index (χ1v) is 7.46. The van der Waals surface area contributed by atoms with Crippen molar-refractivity contribution < 1.29 is 9.47 Å². The summed E-state index contributed by atoms with van der Waals surface area (Å²) in [6.45, 7) is 11.2. The summed E-state index contributed by atoms with van der Waals surface area (Å²) in [6.07, 6.45) is 1.28. The number of ether oxygens (including phenoxy) is 2. The summed E-state index contributed by atoms with van der Waals surface area (Å²) in [5.74, 6) is 0.932. The van der Waals surface area contributed by atoms with Crippen molar-refractivity contribution in [2.24, 2.45) is 0 Å². The van der Waals surface area contributed by atoms with Gasteiger partial charge in [0.15, 0.2) is 0 Å². The Morgan fingerprint density at radius 1 is 1.20 bits per heavy atom. The van der Waals surface area contributed by atoms with Gasteiger partial charge in [0.1, 0.15) is 11.9 Å². The standard InChI is InChI=1S/C17H29NO2/c1-6-17(3,4)15-7-9-16(10-8-15)20-14(2)13-18-11-12-19-5/h7-10,14,18H,6,11-13H2,1-5H3. The third-order valence-electron chi connectivity index (χ3n) is 3.77. The van der Waals surface area contributed by atoms with Crippen LogP contribution < -0.4 is 10.1 Å². The Balaban J connectivity index is 2.45. The van der Waals surface area contributed by atoms with Crippen LogP contribution in [-0.2, 0) is 10.2 Å². The lowest BCUT2D eigenvalue weighted by atomic mass is 9.82. The smallest absolute Gasteiger partial charge is 0.119 e. The van der Waals surface area contributed by atoms with Crippen molar-refractivity contribution in [2.45, 2.75) is 45.6 Å². The molecule has 0 aliphatic heterocycles. The molecule has 1 N–H and O–H groups in total. The molecule has 0 aliphatic rings. The van der Waals surface area contributed by atoms with Crippen LogP contribution in [0.15, 0.2) is 24.3 Å². The van der Waals surface area contributed by atoms with E-state index in [9.17, 15) is 0 Å². The molecule has 0 aromatic heterocycles. The predicted molar refractivity (Wildman–Crippen MR) is 84.6 cm³/mol. The minimum Gasteiger partial charge on any atom is -0.489 e. The van der Waals surface area contributed by atoms with E-state index in [1.165, 1.54) is 5.56 Å². The first-order valence-electron chi connectivity index (χ1n) is 7.46. The van der Waals surface area contributed by atoms with Crippen molar-refractivity contribution in [1.82, 2.24) is 5.32 Å². The number of methoxy groups -OCH3 is 1. The molecule has 1 atom stereocenters. The zero-order chi connectivity index (χ0) is 15.0. The van der Waals surface area contributed by atoms with Crippen molar-refractivity contribution in [1.29, 1.82) is 0 Å². The van der Waals surface area contributed by atoms with Gasteiger partial charge in [-0.05, 0) is 36.5 Å². The van der Waals surface area contributed by atoms with E-state index in [2.05, 4.69) is 57.3 Å². The number of rotatable bonds is 9. The van der Waals surface area contributed by atoms with Crippen LogP contribution in [0.2, 0.25) is 0 Å². The van der Waals surface area contributed by atoms with Crippen LogP contribution in [0.1, 0.15) is 39.7 Å². The highest BCUT2D eigenvalue weighted by Crippen LogP contribution is 2.28. The normalized spacial score (nSPS) is 13.2. The van der Waals surface area contributed by atoms with Gasteiger partial charge >= 0.3 is 0 Å². The van der Waals surface area contributed by atoms with Crippen molar-refractivity contribution in [3.05, 3.63) is 29.8 Å². The third kappa shape index (κ3) is 5.51. The van der Waals surface area contributed by atoms with Crippen LogP contribution in [0.25, 0.3) is 0 Å². The number of hydrogen-bond donors (Lipinski definition) is 1. The molecule has 0 aliphatic carbocycles. The van der Waals surface area contributed by atoms with Gasteiger partial charge in [-0.3, -0.25) is 0 Å². The lowest BCUT2D eigenvalue weighted by Crippen LogP contribution is -2.31. The molecule has 3 nitrogen and oxygen atoms in total. The Hall–Kier alpha value is -1.06. The van der Waals surface area contributed by atoms with E-state index in [0.29, 0.717) is 0 Å².